The first kappa shape index (κ1) is 81.1. The number of phenols is 3. The van der Waals surface area contributed by atoms with Gasteiger partial charge in [0.15, 0.2) is 17.2 Å². The van der Waals surface area contributed by atoms with Gasteiger partial charge in [-0.15, -0.1) is 0 Å². The average molecular weight is 1370 g/mol. The minimum Gasteiger partial charge on any atom is -1.00 e. The van der Waals surface area contributed by atoms with Crippen molar-refractivity contribution < 1.29 is 129 Å². The Morgan fingerprint density at radius 2 is 0.750 bits per heavy atom. The molecule has 7 amide bonds. The van der Waals surface area contributed by atoms with Crippen LogP contribution in [0.25, 0.3) is 11.1 Å². The number of alkyl carbamates (subject to hydrolysis) is 1. The summed E-state index contributed by atoms with van der Waals surface area (Å²) < 4.78 is 67.7. The van der Waals surface area contributed by atoms with Gasteiger partial charge in [-0.2, -0.15) is 0 Å². The Kier molecular flexibility index (Phi) is 38.9. The second-order valence-corrected chi connectivity index (χ2v) is 19.6. The van der Waals surface area contributed by atoms with Crippen molar-refractivity contribution in [1.82, 2.24) is 5.32 Å². The molecular formula is C63H86ClN9O23. The highest BCUT2D eigenvalue weighted by Gasteiger charge is 2.29. The van der Waals surface area contributed by atoms with Crippen LogP contribution in [-0.2, 0) is 61.8 Å². The molecule has 32 nitrogen and oxygen atoms in total. The number of primary amides is 3. The summed E-state index contributed by atoms with van der Waals surface area (Å²) in [6, 6.07) is 24.7. The fourth-order valence-electron chi connectivity index (χ4n) is 8.68. The standard InChI is InChI=1S/C31H35N3O9.2C16H25N3O7.ClH/c1-39-26-11-10-25(29(36)28(26)30(32)37)34-27(35)19-42-17-16-41-15-14-40-13-12-33-31(38)43-18-24-22-8-4-2-6-20(22)21-7-3-5-9-23(21)24;2*1-23-12-3-2-11(15(21)14(12)16(18)22)19-13(20)10-26-9-8-25-7-6-24-5-4-17;/h2-11,24,36H,12-19H2,1H3,(H2,32,37)(H,33,38)(H,34,35);2*2-3,21H,4-10,17H2,1H3,(H2,18,22)(H,19,20);1H. The second kappa shape index (κ2) is 46.0. The molecule has 96 heavy (non-hydrogen) atoms. The Balaban J connectivity index is 0.000000395. The zero-order valence-corrected chi connectivity index (χ0v) is 54.4. The van der Waals surface area contributed by atoms with E-state index in [0.717, 1.165) is 11.1 Å². The Morgan fingerprint density at radius 1 is 0.438 bits per heavy atom. The molecule has 6 rings (SSSR count). The summed E-state index contributed by atoms with van der Waals surface area (Å²) in [6.07, 6.45) is -0.501. The van der Waals surface area contributed by atoms with Crippen LogP contribution in [0.2, 0.25) is 0 Å². The van der Waals surface area contributed by atoms with Crippen molar-refractivity contribution in [1.29, 1.82) is 0 Å². The lowest BCUT2D eigenvalue weighted by Gasteiger charge is -2.14. The Bertz CT molecular complexity index is 3110. The van der Waals surface area contributed by atoms with Gasteiger partial charge in [-0.05, 0) is 58.7 Å². The van der Waals surface area contributed by atoms with E-state index in [1.807, 2.05) is 24.3 Å². The van der Waals surface area contributed by atoms with Gasteiger partial charge in [0.2, 0.25) is 17.7 Å². The van der Waals surface area contributed by atoms with Crippen molar-refractivity contribution >= 4 is 58.6 Å². The van der Waals surface area contributed by atoms with Gasteiger partial charge in [0.05, 0.1) is 144 Å². The molecule has 0 unspecified atom stereocenters. The number of fused-ring (bicyclic) bond motifs is 3. The van der Waals surface area contributed by atoms with Gasteiger partial charge in [-0.25, -0.2) is 4.79 Å². The van der Waals surface area contributed by atoms with Crippen LogP contribution in [0, 0.1) is 0 Å². The molecule has 5 aromatic rings. The Labute approximate surface area is 560 Å². The van der Waals surface area contributed by atoms with Crippen LogP contribution in [-0.4, -0.2) is 223 Å². The van der Waals surface area contributed by atoms with E-state index in [2.05, 4.69) is 51.3 Å². The summed E-state index contributed by atoms with van der Waals surface area (Å²) in [6.45, 7) is 6.13. The normalized spacial score (nSPS) is 11.0. The van der Waals surface area contributed by atoms with Crippen LogP contribution >= 0.6 is 0 Å². The number of quaternary nitrogens is 1. The highest BCUT2D eigenvalue weighted by molar-refractivity contribution is 6.04. The third kappa shape index (κ3) is 27.7. The number of benzene rings is 5. The van der Waals surface area contributed by atoms with E-state index in [1.165, 1.54) is 68.9 Å². The number of carbonyl (C=O) groups is 7. The molecule has 0 saturated carbocycles. The molecule has 0 heterocycles. The highest BCUT2D eigenvalue weighted by Crippen LogP contribution is 2.45. The van der Waals surface area contributed by atoms with Crippen LogP contribution in [0.15, 0.2) is 84.9 Å². The van der Waals surface area contributed by atoms with E-state index < -0.39 is 58.8 Å². The fourth-order valence-corrected chi connectivity index (χ4v) is 8.68. The molecule has 0 radical (unpaired) electrons. The number of aromatic hydroxyl groups is 3. The van der Waals surface area contributed by atoms with Crippen molar-refractivity contribution in [3.63, 3.8) is 0 Å². The van der Waals surface area contributed by atoms with Gasteiger partial charge in [0, 0.05) is 19.0 Å². The third-order valence-corrected chi connectivity index (χ3v) is 13.0. The van der Waals surface area contributed by atoms with Gasteiger partial charge >= 0.3 is 6.09 Å². The SMILES string of the molecule is COc1ccc(NC(=O)COCCOCCOCCN)c(O)c1C(N)=O.COc1ccc(NC(=O)COCCOCCOCCNC(=O)OCC2c3ccccc3-c3ccccc32)c(O)c1C(N)=O.COc1ccc(NC(=O)COCCOCCOCC[NH3+])c(O)c1C(N)=O.[Cl-]. The Hall–Kier alpha value is -9.16. The molecule has 0 spiro atoms. The largest absolute Gasteiger partial charge is 1.00 e. The van der Waals surface area contributed by atoms with E-state index in [-0.39, 0.29) is 122 Å². The third-order valence-electron chi connectivity index (χ3n) is 13.0. The first-order chi connectivity index (χ1) is 45.9. The minimum atomic E-state index is -0.894. The predicted octanol–water partition coefficient (Wildman–Crippen LogP) is -1.79. The quantitative estimate of drug-likeness (QED) is 0.0152. The van der Waals surface area contributed by atoms with Gasteiger partial charge < -0.3 is 139 Å². The van der Waals surface area contributed by atoms with Crippen molar-refractivity contribution in [2.75, 3.05) is 182 Å². The number of nitrogens with one attached hydrogen (secondary N) is 4. The number of nitrogens with two attached hydrogens (primary N) is 4. The van der Waals surface area contributed by atoms with Crippen LogP contribution in [0.5, 0.6) is 34.5 Å². The number of amides is 7. The second-order valence-electron chi connectivity index (χ2n) is 19.6. The summed E-state index contributed by atoms with van der Waals surface area (Å²) in [5, 5.41) is 40.4. The molecule has 0 atom stereocenters. The lowest BCUT2D eigenvalue weighted by Crippen LogP contribution is -3.00. The number of carbonyl (C=O) groups excluding carboxylic acids is 7. The number of anilines is 3. The molecule has 1 aliphatic rings. The fraction of sp³-hybridized carbons (Fsp3) is 0.413. The summed E-state index contributed by atoms with van der Waals surface area (Å²) in [5.74, 6) is -5.29. The predicted molar refractivity (Wildman–Crippen MR) is 343 cm³/mol. The molecule has 18 N–H and O–H groups in total. The molecule has 0 saturated heterocycles. The summed E-state index contributed by atoms with van der Waals surface area (Å²) >= 11 is 0. The zero-order chi connectivity index (χ0) is 69.3. The molecular weight excluding hydrogens is 1290 g/mol. The van der Waals surface area contributed by atoms with Crippen LogP contribution < -0.4 is 76.6 Å². The lowest BCUT2D eigenvalue weighted by atomic mass is 9.98. The van der Waals surface area contributed by atoms with Crippen LogP contribution in [0.4, 0.5) is 21.9 Å². The average Bonchev–Trinajstić information content (AvgIpc) is 1.59. The summed E-state index contributed by atoms with van der Waals surface area (Å²) in [7, 11) is 4.00. The van der Waals surface area contributed by atoms with Crippen LogP contribution in [0.1, 0.15) is 48.1 Å². The molecule has 33 heteroatoms. The highest BCUT2D eigenvalue weighted by atomic mass is 35.5. The maximum absolute atomic E-state index is 12.2. The van der Waals surface area contributed by atoms with Crippen molar-refractivity contribution in [3.05, 3.63) is 113 Å². The van der Waals surface area contributed by atoms with Crippen molar-refractivity contribution in [2.45, 2.75) is 5.92 Å². The Morgan fingerprint density at radius 3 is 1.07 bits per heavy atom. The molecule has 0 aromatic heterocycles. The van der Waals surface area contributed by atoms with E-state index >= 15 is 0 Å². The lowest BCUT2D eigenvalue weighted by molar-refractivity contribution is -0.374. The zero-order valence-electron chi connectivity index (χ0n) is 53.6. The first-order valence-corrected chi connectivity index (χ1v) is 29.7. The van der Waals surface area contributed by atoms with Gasteiger partial charge in [0.25, 0.3) is 17.7 Å². The maximum atomic E-state index is 12.2. The van der Waals surface area contributed by atoms with E-state index in [1.54, 1.807) is 0 Å². The number of hydrogen-bond donors (Lipinski definition) is 12. The molecule has 1 aliphatic carbocycles. The summed E-state index contributed by atoms with van der Waals surface area (Å²) in [5.41, 5.74) is 28.7. The summed E-state index contributed by atoms with van der Waals surface area (Å²) in [4.78, 5) is 82.4. The smallest absolute Gasteiger partial charge is 0.407 e. The minimum absolute atomic E-state index is 0. The monoisotopic (exact) mass is 1370 g/mol. The number of ether oxygens (including phenoxy) is 13. The van der Waals surface area contributed by atoms with Crippen molar-refractivity contribution in [3.8, 4) is 45.6 Å². The molecule has 0 bridgehead atoms. The van der Waals surface area contributed by atoms with E-state index in [9.17, 15) is 48.9 Å². The van der Waals surface area contributed by atoms with Crippen LogP contribution in [0.3, 0.4) is 0 Å². The molecule has 528 valence electrons. The molecule has 0 aliphatic heterocycles. The molecule has 5 aromatic carbocycles. The molecule has 0 fully saturated rings. The van der Waals surface area contributed by atoms with E-state index in [4.69, 9.17) is 84.5 Å². The number of halogens is 1. The number of hydrogen-bond acceptors (Lipinski definition) is 24. The van der Waals surface area contributed by atoms with Gasteiger partial charge in [0.1, 0.15) is 60.4 Å². The van der Waals surface area contributed by atoms with Gasteiger partial charge in [-0.3, -0.25) is 28.8 Å². The van der Waals surface area contributed by atoms with E-state index in [0.29, 0.717) is 92.3 Å². The number of methoxy groups -OCH3 is 3. The maximum Gasteiger partial charge on any atom is 0.407 e. The van der Waals surface area contributed by atoms with Gasteiger partial charge in [-0.1, -0.05) is 48.5 Å². The topological polar surface area (TPSA) is 480 Å². The first-order valence-electron chi connectivity index (χ1n) is 29.7. The number of rotatable bonds is 42. The van der Waals surface area contributed by atoms with Crippen molar-refractivity contribution in [2.24, 2.45) is 22.9 Å².